The average Bonchev–Trinajstić information content (AvgIpc) is 2.41. The molecule has 2 rings (SSSR count). The highest BCUT2D eigenvalue weighted by Gasteiger charge is 2.13. The Bertz CT molecular complexity index is 577. The molecule has 0 bridgehead atoms. The largest absolute Gasteiger partial charge is 0.263 e. The molecule has 18 heavy (non-hydrogen) atoms. The van der Waals surface area contributed by atoms with E-state index in [4.69, 9.17) is 10.7 Å². The lowest BCUT2D eigenvalue weighted by Gasteiger charge is -2.00. The third kappa shape index (κ3) is 4.27. The molecule has 1 aromatic heterocycles. The minimum absolute atomic E-state index is 0.0530. The Balaban J connectivity index is 0.000000659. The molecule has 0 aliphatic rings. The van der Waals surface area contributed by atoms with E-state index in [1.54, 1.807) is 24.3 Å². The van der Waals surface area contributed by atoms with Gasteiger partial charge in [0.2, 0.25) is 0 Å². The number of halogens is 1. The Labute approximate surface area is 113 Å². The number of aromatic nitrogens is 1. The summed E-state index contributed by atoms with van der Waals surface area (Å²) in [5, 5.41) is 0.759. The Kier molecular flexibility index (Phi) is 7.55. The van der Waals surface area contributed by atoms with E-state index in [1.807, 2.05) is 27.7 Å². The Morgan fingerprint density at radius 2 is 1.56 bits per heavy atom. The first-order chi connectivity index (χ1) is 8.59. The minimum atomic E-state index is -3.72. The topological polar surface area (TPSA) is 47.0 Å². The first-order valence-corrected chi connectivity index (χ1v) is 8.18. The molecule has 0 amide bonds. The van der Waals surface area contributed by atoms with Crippen molar-refractivity contribution in [2.24, 2.45) is 0 Å². The maximum Gasteiger partial charge on any atom is 0.263 e. The van der Waals surface area contributed by atoms with Crippen molar-refractivity contribution in [3.05, 3.63) is 36.5 Å². The molecule has 0 saturated carbocycles. The second kappa shape index (κ2) is 8.06. The van der Waals surface area contributed by atoms with Gasteiger partial charge in [-0.1, -0.05) is 45.9 Å². The Morgan fingerprint density at radius 3 is 2.11 bits per heavy atom. The van der Waals surface area contributed by atoms with E-state index >= 15 is 0 Å². The number of benzene rings is 1. The van der Waals surface area contributed by atoms with E-state index in [0.29, 0.717) is 5.52 Å². The summed E-state index contributed by atoms with van der Waals surface area (Å²) in [6, 6.07) is 8.39. The lowest BCUT2D eigenvalue weighted by atomic mass is 10.2. The van der Waals surface area contributed by atoms with Crippen LogP contribution >= 0.6 is 10.7 Å². The summed E-state index contributed by atoms with van der Waals surface area (Å²) >= 11 is 0. The zero-order valence-corrected chi connectivity index (χ0v) is 12.6. The van der Waals surface area contributed by atoms with Gasteiger partial charge in [0, 0.05) is 22.3 Å². The molecule has 2 aromatic rings. The quantitative estimate of drug-likeness (QED) is 0.738. The van der Waals surface area contributed by atoms with Crippen LogP contribution in [0.5, 0.6) is 0 Å². The number of para-hydroxylation sites is 1. The number of hydrogen-bond acceptors (Lipinski definition) is 3. The van der Waals surface area contributed by atoms with Gasteiger partial charge in [-0.2, -0.15) is 0 Å². The van der Waals surface area contributed by atoms with Gasteiger partial charge in [0.1, 0.15) is 4.90 Å². The van der Waals surface area contributed by atoms with Crippen LogP contribution in [-0.4, -0.2) is 13.4 Å². The van der Waals surface area contributed by atoms with Crippen LogP contribution in [0.4, 0.5) is 0 Å². The van der Waals surface area contributed by atoms with Gasteiger partial charge in [-0.05, 0) is 12.1 Å². The Morgan fingerprint density at radius 1 is 1.00 bits per heavy atom. The molecule has 0 atom stereocenters. The molecule has 1 heterocycles. The summed E-state index contributed by atoms with van der Waals surface area (Å²) in [6.45, 7) is 8.00. The smallest absolute Gasteiger partial charge is 0.255 e. The SMILES string of the molecule is CC.CC.O=S(=O)(Cl)c1cccc2cccnc12. The fraction of sp³-hybridized carbons (Fsp3) is 0.308. The minimum Gasteiger partial charge on any atom is -0.255 e. The fourth-order valence-electron chi connectivity index (χ4n) is 1.27. The molecule has 1 aromatic carbocycles. The van der Waals surface area contributed by atoms with Crippen molar-refractivity contribution in [2.75, 3.05) is 0 Å². The van der Waals surface area contributed by atoms with E-state index in [9.17, 15) is 8.42 Å². The van der Waals surface area contributed by atoms with Gasteiger partial charge < -0.3 is 0 Å². The van der Waals surface area contributed by atoms with Crippen molar-refractivity contribution in [3.63, 3.8) is 0 Å². The number of fused-ring (bicyclic) bond motifs is 1. The molecule has 5 heteroatoms. The van der Waals surface area contributed by atoms with Crippen LogP contribution in [0.15, 0.2) is 41.4 Å². The van der Waals surface area contributed by atoms with E-state index in [0.717, 1.165) is 5.39 Å². The maximum absolute atomic E-state index is 11.2. The summed E-state index contributed by atoms with van der Waals surface area (Å²) < 4.78 is 22.3. The van der Waals surface area contributed by atoms with E-state index in [1.165, 1.54) is 12.3 Å². The highest BCUT2D eigenvalue weighted by Crippen LogP contribution is 2.23. The van der Waals surface area contributed by atoms with Gasteiger partial charge in [0.15, 0.2) is 0 Å². The summed E-state index contributed by atoms with van der Waals surface area (Å²) in [7, 11) is 1.55. The highest BCUT2D eigenvalue weighted by atomic mass is 35.7. The van der Waals surface area contributed by atoms with Crippen molar-refractivity contribution in [2.45, 2.75) is 32.6 Å². The molecule has 0 fully saturated rings. The highest BCUT2D eigenvalue weighted by molar-refractivity contribution is 8.14. The van der Waals surface area contributed by atoms with Gasteiger partial charge in [-0.15, -0.1) is 0 Å². The van der Waals surface area contributed by atoms with Crippen LogP contribution in [0.2, 0.25) is 0 Å². The third-order valence-electron chi connectivity index (χ3n) is 1.86. The van der Waals surface area contributed by atoms with Gasteiger partial charge >= 0.3 is 0 Å². The van der Waals surface area contributed by atoms with Gasteiger partial charge in [0.25, 0.3) is 9.05 Å². The van der Waals surface area contributed by atoms with Gasteiger partial charge in [-0.3, -0.25) is 4.98 Å². The Hall–Kier alpha value is -1.13. The molecule has 0 aliphatic carbocycles. The second-order valence-electron chi connectivity index (χ2n) is 2.77. The summed E-state index contributed by atoms with van der Waals surface area (Å²) in [5.74, 6) is 0. The standard InChI is InChI=1S/C9H6ClNO2S.2C2H6/c10-14(12,13)8-5-1-3-7-4-2-6-11-9(7)8;2*1-2/h1-6H;2*1-2H3. The summed E-state index contributed by atoms with van der Waals surface area (Å²) in [4.78, 5) is 4.04. The molecular weight excluding hydrogens is 270 g/mol. The molecule has 0 spiro atoms. The summed E-state index contributed by atoms with van der Waals surface area (Å²) in [6.07, 6.45) is 1.54. The lowest BCUT2D eigenvalue weighted by molar-refractivity contribution is 0.610. The van der Waals surface area contributed by atoms with Crippen molar-refractivity contribution in [1.29, 1.82) is 0 Å². The number of hydrogen-bond donors (Lipinski definition) is 0. The molecule has 0 saturated heterocycles. The molecule has 3 nitrogen and oxygen atoms in total. The van der Waals surface area contributed by atoms with Gasteiger partial charge in [-0.25, -0.2) is 8.42 Å². The van der Waals surface area contributed by atoms with Crippen molar-refractivity contribution in [1.82, 2.24) is 4.98 Å². The first kappa shape index (κ1) is 16.9. The number of nitrogens with zero attached hydrogens (tertiary/aromatic N) is 1. The second-order valence-corrected chi connectivity index (χ2v) is 5.30. The van der Waals surface area contributed by atoms with Crippen LogP contribution < -0.4 is 0 Å². The monoisotopic (exact) mass is 287 g/mol. The van der Waals surface area contributed by atoms with Crippen LogP contribution in [0.1, 0.15) is 27.7 Å². The molecule has 0 unspecified atom stereocenters. The number of rotatable bonds is 1. The number of pyridine rings is 1. The molecular formula is C13H18ClNO2S. The van der Waals surface area contributed by atoms with Crippen LogP contribution in [0, 0.1) is 0 Å². The fourth-order valence-corrected chi connectivity index (χ4v) is 2.29. The van der Waals surface area contributed by atoms with Crippen molar-refractivity contribution >= 4 is 30.6 Å². The lowest BCUT2D eigenvalue weighted by Crippen LogP contribution is -1.93. The van der Waals surface area contributed by atoms with E-state index < -0.39 is 9.05 Å². The average molecular weight is 288 g/mol. The summed E-state index contributed by atoms with van der Waals surface area (Å²) in [5.41, 5.74) is 0.407. The van der Waals surface area contributed by atoms with Crippen LogP contribution in [0.25, 0.3) is 10.9 Å². The van der Waals surface area contributed by atoms with Crippen LogP contribution in [0.3, 0.4) is 0 Å². The van der Waals surface area contributed by atoms with Crippen molar-refractivity contribution in [3.8, 4) is 0 Å². The molecule has 0 radical (unpaired) electrons. The first-order valence-electron chi connectivity index (χ1n) is 5.87. The van der Waals surface area contributed by atoms with E-state index in [2.05, 4.69) is 4.98 Å². The molecule has 100 valence electrons. The third-order valence-corrected chi connectivity index (χ3v) is 3.21. The van der Waals surface area contributed by atoms with Crippen molar-refractivity contribution < 1.29 is 8.42 Å². The molecule has 0 aliphatic heterocycles. The zero-order valence-electron chi connectivity index (χ0n) is 11.0. The van der Waals surface area contributed by atoms with Crippen LogP contribution in [-0.2, 0) is 9.05 Å². The maximum atomic E-state index is 11.2. The van der Waals surface area contributed by atoms with Gasteiger partial charge in [0.05, 0.1) is 5.52 Å². The predicted molar refractivity (Wildman–Crippen MR) is 77.5 cm³/mol. The zero-order chi connectivity index (χ0) is 14.2. The molecule has 0 N–H and O–H groups in total. The predicted octanol–water partition coefficient (Wildman–Crippen LogP) is 4.21. The van der Waals surface area contributed by atoms with E-state index in [-0.39, 0.29) is 4.90 Å². The normalized spacial score (nSPS) is 9.83.